The molecule has 7 nitrogen and oxygen atoms in total. The normalized spacial score (nSPS) is 12.2. The van der Waals surface area contributed by atoms with E-state index in [1.807, 2.05) is 13.8 Å². The molecule has 0 radical (unpaired) electrons. The van der Waals surface area contributed by atoms with Crippen molar-refractivity contribution < 1.29 is 29.3 Å². The Morgan fingerprint density at radius 3 is 2.18 bits per heavy atom. The Labute approximate surface area is 98.8 Å². The van der Waals surface area contributed by atoms with Crippen molar-refractivity contribution in [3.05, 3.63) is 0 Å². The zero-order chi connectivity index (χ0) is 13.4. The molecule has 0 fully saturated rings. The molecule has 0 aromatic carbocycles. The van der Waals surface area contributed by atoms with Crippen molar-refractivity contribution in [3.8, 4) is 0 Å². The Morgan fingerprint density at radius 2 is 1.76 bits per heavy atom. The van der Waals surface area contributed by atoms with E-state index < -0.39 is 37.1 Å². The summed E-state index contributed by atoms with van der Waals surface area (Å²) in [5.41, 5.74) is 0. The van der Waals surface area contributed by atoms with Crippen LogP contribution in [0.5, 0.6) is 0 Å². The first-order valence-corrected chi connectivity index (χ1v) is 5.14. The van der Waals surface area contributed by atoms with Crippen LogP contribution in [0.1, 0.15) is 20.3 Å². The van der Waals surface area contributed by atoms with Gasteiger partial charge in [0.25, 0.3) is 0 Å². The fraction of sp³-hybridized carbons (Fsp3) is 0.700. The van der Waals surface area contributed by atoms with Gasteiger partial charge in [-0.25, -0.2) is 9.59 Å². The van der Waals surface area contributed by atoms with Gasteiger partial charge >= 0.3 is 11.9 Å². The van der Waals surface area contributed by atoms with Crippen molar-refractivity contribution in [2.24, 2.45) is 5.92 Å². The number of carbonyl (C=O) groups is 3. The third-order valence-electron chi connectivity index (χ3n) is 1.80. The molecule has 3 N–H and O–H groups in total. The minimum absolute atomic E-state index is 0.122. The number of ether oxygens (including phenoxy) is 1. The molecule has 0 aromatic rings. The van der Waals surface area contributed by atoms with E-state index in [1.54, 1.807) is 0 Å². The predicted molar refractivity (Wildman–Crippen MR) is 57.5 cm³/mol. The Balaban J connectivity index is 4.04. The molecule has 1 atom stereocenters. The van der Waals surface area contributed by atoms with Crippen LogP contribution in [0.3, 0.4) is 0 Å². The minimum Gasteiger partial charge on any atom is -0.480 e. The Bertz CT molecular complexity index is 289. The van der Waals surface area contributed by atoms with E-state index in [4.69, 9.17) is 10.2 Å². The summed E-state index contributed by atoms with van der Waals surface area (Å²) in [5.74, 6) is -2.82. The summed E-state index contributed by atoms with van der Waals surface area (Å²) >= 11 is 0. The minimum atomic E-state index is -1.19. The number of hydrogen-bond acceptors (Lipinski definition) is 4. The largest absolute Gasteiger partial charge is 0.480 e. The van der Waals surface area contributed by atoms with Gasteiger partial charge in [-0.1, -0.05) is 13.8 Å². The van der Waals surface area contributed by atoms with E-state index in [0.717, 1.165) is 0 Å². The predicted octanol–water partition coefficient (Wildman–Crippen LogP) is -0.297. The number of rotatable bonds is 8. The van der Waals surface area contributed by atoms with Gasteiger partial charge in [-0.3, -0.25) is 4.79 Å². The molecule has 0 rings (SSSR count). The van der Waals surface area contributed by atoms with Crippen molar-refractivity contribution in [1.82, 2.24) is 5.32 Å². The van der Waals surface area contributed by atoms with E-state index in [1.165, 1.54) is 0 Å². The van der Waals surface area contributed by atoms with Crippen LogP contribution in [-0.2, 0) is 19.1 Å². The number of nitrogens with one attached hydrogen (secondary N) is 1. The van der Waals surface area contributed by atoms with E-state index in [9.17, 15) is 14.4 Å². The van der Waals surface area contributed by atoms with E-state index in [-0.39, 0.29) is 5.92 Å². The number of hydrogen-bond donors (Lipinski definition) is 3. The molecule has 0 aliphatic rings. The van der Waals surface area contributed by atoms with Gasteiger partial charge in [-0.2, -0.15) is 0 Å². The van der Waals surface area contributed by atoms with Gasteiger partial charge in [0.2, 0.25) is 5.91 Å². The van der Waals surface area contributed by atoms with Gasteiger partial charge in [0.1, 0.15) is 19.3 Å². The van der Waals surface area contributed by atoms with Crippen molar-refractivity contribution in [2.75, 3.05) is 13.2 Å². The van der Waals surface area contributed by atoms with Crippen LogP contribution in [0.2, 0.25) is 0 Å². The smallest absolute Gasteiger partial charge is 0.329 e. The number of carboxylic acid groups (broad SMARTS) is 2. The maximum Gasteiger partial charge on any atom is 0.329 e. The van der Waals surface area contributed by atoms with Gasteiger partial charge in [0.05, 0.1) is 0 Å². The first-order valence-electron chi connectivity index (χ1n) is 5.14. The topological polar surface area (TPSA) is 113 Å². The molecule has 1 unspecified atom stereocenters. The van der Waals surface area contributed by atoms with Crippen LogP contribution < -0.4 is 5.32 Å². The Hall–Kier alpha value is -1.63. The summed E-state index contributed by atoms with van der Waals surface area (Å²) in [7, 11) is 0. The summed E-state index contributed by atoms with van der Waals surface area (Å²) in [6.07, 6.45) is 0.306. The molecule has 1 amide bonds. The van der Waals surface area contributed by atoms with Crippen molar-refractivity contribution in [3.63, 3.8) is 0 Å². The molecule has 17 heavy (non-hydrogen) atoms. The molecule has 7 heteroatoms. The molecule has 0 aliphatic carbocycles. The summed E-state index contributed by atoms with van der Waals surface area (Å²) in [4.78, 5) is 32.1. The van der Waals surface area contributed by atoms with Crippen LogP contribution in [0, 0.1) is 5.92 Å². The highest BCUT2D eigenvalue weighted by Crippen LogP contribution is 2.04. The van der Waals surface area contributed by atoms with Crippen LogP contribution in [-0.4, -0.2) is 47.3 Å². The molecule has 0 saturated carbocycles. The highest BCUT2D eigenvalue weighted by atomic mass is 16.5. The van der Waals surface area contributed by atoms with Gasteiger partial charge < -0.3 is 20.3 Å². The Morgan fingerprint density at radius 1 is 1.18 bits per heavy atom. The highest BCUT2D eigenvalue weighted by molar-refractivity contribution is 5.84. The quantitative estimate of drug-likeness (QED) is 0.543. The third-order valence-corrected chi connectivity index (χ3v) is 1.80. The molecule has 0 aliphatic heterocycles. The Kier molecular flexibility index (Phi) is 6.88. The van der Waals surface area contributed by atoms with E-state index in [2.05, 4.69) is 10.1 Å². The van der Waals surface area contributed by atoms with Gasteiger partial charge in [0, 0.05) is 0 Å². The van der Waals surface area contributed by atoms with Crippen molar-refractivity contribution in [2.45, 2.75) is 26.3 Å². The van der Waals surface area contributed by atoms with Gasteiger partial charge in [-0.05, 0) is 12.3 Å². The van der Waals surface area contributed by atoms with Crippen LogP contribution in [0.15, 0.2) is 0 Å². The molecule has 0 bridgehead atoms. The zero-order valence-electron chi connectivity index (χ0n) is 9.80. The summed E-state index contributed by atoms with van der Waals surface area (Å²) in [5, 5.41) is 19.4. The van der Waals surface area contributed by atoms with E-state index >= 15 is 0 Å². The summed E-state index contributed by atoms with van der Waals surface area (Å²) in [6.45, 7) is 2.62. The lowest BCUT2D eigenvalue weighted by Gasteiger charge is -2.16. The monoisotopic (exact) mass is 247 g/mol. The molecular weight excluding hydrogens is 230 g/mol. The SMILES string of the molecule is CC(C)CC(NC(=O)COCC(=O)O)C(=O)O. The van der Waals surface area contributed by atoms with Crippen LogP contribution >= 0.6 is 0 Å². The molecule has 0 saturated heterocycles. The second kappa shape index (κ2) is 7.61. The van der Waals surface area contributed by atoms with Gasteiger partial charge in [-0.15, -0.1) is 0 Å². The van der Waals surface area contributed by atoms with E-state index in [0.29, 0.717) is 6.42 Å². The number of carbonyl (C=O) groups excluding carboxylic acids is 1. The maximum absolute atomic E-state index is 11.2. The molecule has 0 heterocycles. The van der Waals surface area contributed by atoms with Gasteiger partial charge in [0.15, 0.2) is 0 Å². The van der Waals surface area contributed by atoms with Crippen molar-refractivity contribution in [1.29, 1.82) is 0 Å². The van der Waals surface area contributed by atoms with Crippen molar-refractivity contribution >= 4 is 17.8 Å². The summed E-state index contributed by atoms with van der Waals surface area (Å²) < 4.78 is 4.54. The fourth-order valence-electron chi connectivity index (χ4n) is 1.16. The standard InChI is InChI=1S/C10H17NO6/c1-6(2)3-7(10(15)16)11-8(12)4-17-5-9(13)14/h6-7H,3-5H2,1-2H3,(H,11,12)(H,13,14)(H,15,16). The number of carboxylic acids is 2. The lowest BCUT2D eigenvalue weighted by Crippen LogP contribution is -2.43. The molecular formula is C10H17NO6. The highest BCUT2D eigenvalue weighted by Gasteiger charge is 2.20. The molecule has 0 aromatic heterocycles. The first-order chi connectivity index (χ1) is 7.82. The lowest BCUT2D eigenvalue weighted by molar-refractivity contribution is -0.146. The number of amides is 1. The second-order valence-corrected chi connectivity index (χ2v) is 3.97. The third kappa shape index (κ3) is 8.21. The maximum atomic E-state index is 11.2. The molecule has 98 valence electrons. The summed E-state index contributed by atoms with van der Waals surface area (Å²) in [6, 6.07) is -0.976. The van der Waals surface area contributed by atoms with Crippen LogP contribution in [0.4, 0.5) is 0 Å². The van der Waals surface area contributed by atoms with Crippen LogP contribution in [0.25, 0.3) is 0 Å². The average molecular weight is 247 g/mol. The second-order valence-electron chi connectivity index (χ2n) is 3.97. The first kappa shape index (κ1) is 15.4. The zero-order valence-corrected chi connectivity index (χ0v) is 9.80. The number of aliphatic carboxylic acids is 2. The molecule has 0 spiro atoms. The fourth-order valence-corrected chi connectivity index (χ4v) is 1.16. The average Bonchev–Trinajstić information content (AvgIpc) is 2.15. The lowest BCUT2D eigenvalue weighted by atomic mass is 10.0.